The molecule has 7 N–H and O–H groups in total. The Bertz CT molecular complexity index is 894. The first-order valence-electron chi connectivity index (χ1n) is 10.9. The number of rotatable bonds is 12. The molecule has 2 rings (SSSR count). The average Bonchev–Trinajstić information content (AvgIpc) is 3.30. The number of nitrogens with two attached hydrogens (primary N) is 1. The van der Waals surface area contributed by atoms with Gasteiger partial charge in [0.2, 0.25) is 17.7 Å². The summed E-state index contributed by atoms with van der Waals surface area (Å²) in [6.07, 6.45) is 0.369. The van der Waals surface area contributed by atoms with E-state index >= 15 is 0 Å². The van der Waals surface area contributed by atoms with Gasteiger partial charge in [-0.2, -0.15) is 0 Å². The van der Waals surface area contributed by atoms with Crippen LogP contribution in [0.3, 0.4) is 0 Å². The fraction of sp³-hybridized carbons (Fsp3) is 0.500. The van der Waals surface area contributed by atoms with Crippen molar-refractivity contribution < 1.29 is 39.3 Å². The molecule has 3 amide bonds. The Morgan fingerprint density at radius 1 is 1.03 bits per heavy atom. The molecule has 34 heavy (non-hydrogen) atoms. The van der Waals surface area contributed by atoms with E-state index < -0.39 is 60.4 Å². The highest BCUT2D eigenvalue weighted by Gasteiger charge is 2.38. The number of nitrogens with zero attached hydrogens (tertiary/aromatic N) is 1. The topological polar surface area (TPSA) is 199 Å². The van der Waals surface area contributed by atoms with Crippen molar-refractivity contribution in [1.29, 1.82) is 0 Å². The number of aliphatic hydroxyl groups is 1. The lowest BCUT2D eigenvalue weighted by Crippen LogP contribution is -2.58. The standard InChI is InChI=1S/C22H30N4O8/c23-14(8-9-18(28)29)19(30)25-16(12-27)20(31)24-15(11-13-5-2-1-3-6-13)21(32)26-10-4-7-17(26)22(33)34/h1-3,5-6,14-17,27H,4,7-12,23H2,(H,24,31)(H,25,30)(H,28,29)(H,33,34). The van der Waals surface area contributed by atoms with E-state index in [-0.39, 0.29) is 25.8 Å². The first-order chi connectivity index (χ1) is 16.1. The van der Waals surface area contributed by atoms with Crippen LogP contribution in [0.4, 0.5) is 0 Å². The second-order valence-electron chi connectivity index (χ2n) is 8.06. The van der Waals surface area contributed by atoms with E-state index in [1.54, 1.807) is 30.3 Å². The lowest BCUT2D eigenvalue weighted by molar-refractivity contribution is -0.149. The third kappa shape index (κ3) is 7.52. The summed E-state index contributed by atoms with van der Waals surface area (Å²) in [7, 11) is 0. The zero-order chi connectivity index (χ0) is 25.3. The van der Waals surface area contributed by atoms with Gasteiger partial charge in [-0.15, -0.1) is 0 Å². The Kier molecular flexibility index (Phi) is 9.95. The fourth-order valence-electron chi connectivity index (χ4n) is 3.69. The molecule has 1 heterocycles. The van der Waals surface area contributed by atoms with Crippen molar-refractivity contribution in [2.75, 3.05) is 13.2 Å². The maximum absolute atomic E-state index is 13.2. The minimum atomic E-state index is -1.44. The van der Waals surface area contributed by atoms with Gasteiger partial charge in [0.05, 0.1) is 12.6 Å². The smallest absolute Gasteiger partial charge is 0.326 e. The molecule has 1 saturated heterocycles. The molecule has 0 aromatic heterocycles. The second kappa shape index (κ2) is 12.7. The minimum absolute atomic E-state index is 0.0679. The molecule has 0 aliphatic carbocycles. The number of carbonyl (C=O) groups excluding carboxylic acids is 3. The van der Waals surface area contributed by atoms with Crippen molar-refractivity contribution in [2.45, 2.75) is 56.3 Å². The summed E-state index contributed by atoms with van der Waals surface area (Å²) < 4.78 is 0. The molecule has 1 aromatic rings. The quantitative estimate of drug-likeness (QED) is 0.206. The summed E-state index contributed by atoms with van der Waals surface area (Å²) in [5, 5.41) is 32.5. The van der Waals surface area contributed by atoms with Crippen LogP contribution in [-0.2, 0) is 30.4 Å². The van der Waals surface area contributed by atoms with Crippen LogP contribution in [0.2, 0.25) is 0 Å². The minimum Gasteiger partial charge on any atom is -0.481 e. The number of hydrogen-bond donors (Lipinski definition) is 6. The Hall–Kier alpha value is -3.51. The predicted octanol–water partition coefficient (Wildman–Crippen LogP) is -1.54. The molecule has 0 radical (unpaired) electrons. The number of carbonyl (C=O) groups is 5. The van der Waals surface area contributed by atoms with Crippen LogP contribution in [0.1, 0.15) is 31.2 Å². The Balaban J connectivity index is 2.14. The summed E-state index contributed by atoms with van der Waals surface area (Å²) in [4.78, 5) is 61.7. The Morgan fingerprint density at radius 2 is 1.68 bits per heavy atom. The first kappa shape index (κ1) is 26.7. The highest BCUT2D eigenvalue weighted by Crippen LogP contribution is 2.19. The van der Waals surface area contributed by atoms with Gasteiger partial charge in [0.25, 0.3) is 0 Å². The van der Waals surface area contributed by atoms with Crippen molar-refractivity contribution >= 4 is 29.7 Å². The van der Waals surface area contributed by atoms with Crippen LogP contribution < -0.4 is 16.4 Å². The summed E-state index contributed by atoms with van der Waals surface area (Å²) in [5.74, 6) is -4.54. The number of amides is 3. The van der Waals surface area contributed by atoms with Crippen LogP contribution in [0.15, 0.2) is 30.3 Å². The van der Waals surface area contributed by atoms with Crippen molar-refractivity contribution in [3.8, 4) is 0 Å². The van der Waals surface area contributed by atoms with Gasteiger partial charge in [-0.05, 0) is 24.8 Å². The molecule has 1 aromatic carbocycles. The van der Waals surface area contributed by atoms with Crippen LogP contribution in [-0.4, -0.2) is 87.2 Å². The summed E-state index contributed by atoms with van der Waals surface area (Å²) in [6, 6.07) is 4.00. The number of hydrogen-bond acceptors (Lipinski definition) is 7. The van der Waals surface area contributed by atoms with E-state index in [9.17, 15) is 34.2 Å². The molecule has 12 heteroatoms. The SMILES string of the molecule is NC(CCC(=O)O)C(=O)NC(CO)C(=O)NC(Cc1ccccc1)C(=O)N1CCCC1C(=O)O. The van der Waals surface area contributed by atoms with E-state index in [4.69, 9.17) is 10.8 Å². The summed E-state index contributed by atoms with van der Waals surface area (Å²) >= 11 is 0. The maximum atomic E-state index is 13.2. The zero-order valence-electron chi connectivity index (χ0n) is 18.6. The summed E-state index contributed by atoms with van der Waals surface area (Å²) in [6.45, 7) is -0.563. The van der Waals surface area contributed by atoms with Gasteiger partial charge in [-0.3, -0.25) is 19.2 Å². The highest BCUT2D eigenvalue weighted by atomic mass is 16.4. The third-order valence-electron chi connectivity index (χ3n) is 5.54. The molecule has 12 nitrogen and oxygen atoms in total. The zero-order valence-corrected chi connectivity index (χ0v) is 18.6. The van der Waals surface area contributed by atoms with Crippen LogP contribution in [0.5, 0.6) is 0 Å². The Morgan fingerprint density at radius 3 is 2.26 bits per heavy atom. The number of benzene rings is 1. The molecule has 4 unspecified atom stereocenters. The first-order valence-corrected chi connectivity index (χ1v) is 10.9. The van der Waals surface area contributed by atoms with Gasteiger partial charge >= 0.3 is 11.9 Å². The van der Waals surface area contributed by atoms with Crippen molar-refractivity contribution in [3.05, 3.63) is 35.9 Å². The van der Waals surface area contributed by atoms with Crippen LogP contribution >= 0.6 is 0 Å². The average molecular weight is 479 g/mol. The van der Waals surface area contributed by atoms with Crippen LogP contribution in [0, 0.1) is 0 Å². The summed E-state index contributed by atoms with van der Waals surface area (Å²) in [5.41, 5.74) is 6.36. The van der Waals surface area contributed by atoms with Gasteiger partial charge in [0.1, 0.15) is 18.1 Å². The molecule has 1 aliphatic rings. The predicted molar refractivity (Wildman–Crippen MR) is 118 cm³/mol. The van der Waals surface area contributed by atoms with Gasteiger partial charge in [-0.25, -0.2) is 4.79 Å². The molecule has 0 spiro atoms. The lowest BCUT2D eigenvalue weighted by atomic mass is 10.0. The molecule has 0 saturated carbocycles. The van der Waals surface area contributed by atoms with E-state index in [1.165, 1.54) is 4.90 Å². The Labute approximate surface area is 196 Å². The normalized spacial score (nSPS) is 17.9. The number of likely N-dealkylation sites (tertiary alicyclic amines) is 1. The maximum Gasteiger partial charge on any atom is 0.326 e. The number of aliphatic hydroxyl groups excluding tert-OH is 1. The van der Waals surface area contributed by atoms with Crippen molar-refractivity contribution in [3.63, 3.8) is 0 Å². The number of nitrogens with one attached hydrogen (secondary N) is 2. The lowest BCUT2D eigenvalue weighted by Gasteiger charge is -2.28. The number of aliphatic carboxylic acids is 2. The second-order valence-corrected chi connectivity index (χ2v) is 8.06. The van der Waals surface area contributed by atoms with Gasteiger partial charge in [0, 0.05) is 19.4 Å². The van der Waals surface area contributed by atoms with Crippen molar-refractivity contribution in [2.24, 2.45) is 5.73 Å². The van der Waals surface area contributed by atoms with Gasteiger partial charge < -0.3 is 36.6 Å². The highest BCUT2D eigenvalue weighted by molar-refractivity contribution is 5.94. The molecule has 4 atom stereocenters. The molecule has 0 bridgehead atoms. The molecular formula is C22H30N4O8. The number of carboxylic acid groups (broad SMARTS) is 2. The van der Waals surface area contributed by atoms with E-state index in [0.717, 1.165) is 0 Å². The van der Waals surface area contributed by atoms with Gasteiger partial charge in [0.15, 0.2) is 0 Å². The number of carboxylic acids is 2. The largest absolute Gasteiger partial charge is 0.481 e. The monoisotopic (exact) mass is 478 g/mol. The van der Waals surface area contributed by atoms with E-state index in [1.807, 2.05) is 0 Å². The molecular weight excluding hydrogens is 448 g/mol. The molecule has 1 aliphatic heterocycles. The van der Waals surface area contributed by atoms with Crippen LogP contribution in [0.25, 0.3) is 0 Å². The molecule has 186 valence electrons. The fourth-order valence-corrected chi connectivity index (χ4v) is 3.69. The van der Waals surface area contributed by atoms with Crippen molar-refractivity contribution in [1.82, 2.24) is 15.5 Å². The van der Waals surface area contributed by atoms with E-state index in [0.29, 0.717) is 18.4 Å². The van der Waals surface area contributed by atoms with E-state index in [2.05, 4.69) is 10.6 Å². The third-order valence-corrected chi connectivity index (χ3v) is 5.54. The van der Waals surface area contributed by atoms with Gasteiger partial charge in [-0.1, -0.05) is 30.3 Å². The molecule has 1 fully saturated rings.